The summed E-state index contributed by atoms with van der Waals surface area (Å²) in [7, 11) is 1.55. The number of hydrogen-bond acceptors (Lipinski definition) is 4. The Morgan fingerprint density at radius 3 is 3.00 bits per heavy atom. The van der Waals surface area contributed by atoms with Crippen LogP contribution in [0.5, 0.6) is 5.75 Å². The molecule has 0 aromatic heterocycles. The monoisotopic (exact) mass is 270 g/mol. The van der Waals surface area contributed by atoms with Crippen LogP contribution in [0.3, 0.4) is 0 Å². The van der Waals surface area contributed by atoms with Gasteiger partial charge in [-0.25, -0.2) is 0 Å². The number of ether oxygens (including phenoxy) is 2. The molecule has 1 saturated heterocycles. The van der Waals surface area contributed by atoms with Crippen LogP contribution in [0.25, 0.3) is 0 Å². The van der Waals surface area contributed by atoms with Crippen molar-refractivity contribution >= 4 is 23.2 Å². The highest BCUT2D eigenvalue weighted by Crippen LogP contribution is 2.28. The summed E-state index contributed by atoms with van der Waals surface area (Å²) in [6.07, 6.45) is 0.500. The number of anilines is 1. The summed E-state index contributed by atoms with van der Waals surface area (Å²) in [5.74, 6) is 0.318. The summed E-state index contributed by atoms with van der Waals surface area (Å²) >= 11 is 6.01. The zero-order chi connectivity index (χ0) is 13.2. The Bertz CT molecular complexity index is 459. The van der Waals surface area contributed by atoms with E-state index in [1.54, 1.807) is 25.3 Å². The van der Waals surface area contributed by atoms with Crippen LogP contribution in [0, 0.1) is 0 Å². The van der Waals surface area contributed by atoms with Crippen LogP contribution in [0.15, 0.2) is 18.2 Å². The summed E-state index contributed by atoms with van der Waals surface area (Å²) in [6, 6.07) is 5.03. The fourth-order valence-electron chi connectivity index (χ4n) is 1.73. The van der Waals surface area contributed by atoms with Gasteiger partial charge in [0.25, 0.3) is 0 Å². The fraction of sp³-hybridized carbons (Fsp3) is 0.417. The Hall–Kier alpha value is -1.30. The molecule has 1 fully saturated rings. The predicted molar refractivity (Wildman–Crippen MR) is 69.0 cm³/mol. The van der Waals surface area contributed by atoms with Gasteiger partial charge in [0.1, 0.15) is 11.3 Å². The summed E-state index contributed by atoms with van der Waals surface area (Å²) in [6.45, 7) is 0.718. The van der Waals surface area contributed by atoms with E-state index in [-0.39, 0.29) is 12.5 Å². The molecule has 1 aliphatic heterocycles. The summed E-state index contributed by atoms with van der Waals surface area (Å²) in [4.78, 5) is 12.1. The molecule has 0 saturated carbocycles. The number of halogens is 1. The van der Waals surface area contributed by atoms with Crippen LogP contribution in [0.2, 0.25) is 5.02 Å². The van der Waals surface area contributed by atoms with Crippen molar-refractivity contribution in [3.05, 3.63) is 23.2 Å². The number of hydrogen-bond donors (Lipinski definition) is 2. The third-order valence-electron chi connectivity index (χ3n) is 2.93. The molecule has 0 spiro atoms. The van der Waals surface area contributed by atoms with Gasteiger partial charge in [-0.05, 0) is 18.6 Å². The number of nitrogens with two attached hydrogens (primary N) is 1. The van der Waals surface area contributed by atoms with Gasteiger partial charge < -0.3 is 20.5 Å². The van der Waals surface area contributed by atoms with Gasteiger partial charge in [0, 0.05) is 12.7 Å². The normalized spacial score (nSPS) is 22.8. The molecule has 5 nitrogen and oxygen atoms in total. The molecule has 1 aromatic rings. The molecule has 1 atom stereocenters. The molecule has 1 unspecified atom stereocenters. The first kappa shape index (κ1) is 13.1. The highest BCUT2D eigenvalue weighted by molar-refractivity contribution is 6.33. The second-order valence-electron chi connectivity index (χ2n) is 4.26. The molecule has 1 aromatic carbocycles. The zero-order valence-electron chi connectivity index (χ0n) is 10.0. The van der Waals surface area contributed by atoms with Crippen molar-refractivity contribution in [1.82, 2.24) is 0 Å². The molecule has 2 rings (SSSR count). The highest BCUT2D eigenvalue weighted by Gasteiger charge is 2.38. The number of rotatable bonds is 3. The average Bonchev–Trinajstić information content (AvgIpc) is 2.80. The summed E-state index contributed by atoms with van der Waals surface area (Å²) < 4.78 is 10.2. The lowest BCUT2D eigenvalue weighted by atomic mass is 9.99. The second-order valence-corrected chi connectivity index (χ2v) is 4.67. The lowest BCUT2D eigenvalue weighted by Gasteiger charge is -2.21. The molecular weight excluding hydrogens is 256 g/mol. The standard InChI is InChI=1S/C12H15ClN2O3/c1-17-8-2-3-9(13)10(6-8)15-11(16)12(14)4-5-18-7-12/h2-3,6H,4-5,7,14H2,1H3,(H,15,16). The Morgan fingerprint density at radius 2 is 2.39 bits per heavy atom. The quantitative estimate of drug-likeness (QED) is 0.871. The van der Waals surface area contributed by atoms with E-state index in [9.17, 15) is 4.79 Å². The molecule has 0 bridgehead atoms. The molecule has 18 heavy (non-hydrogen) atoms. The third-order valence-corrected chi connectivity index (χ3v) is 3.26. The Labute approximate surface area is 110 Å². The van der Waals surface area contributed by atoms with Crippen molar-refractivity contribution < 1.29 is 14.3 Å². The van der Waals surface area contributed by atoms with E-state index < -0.39 is 5.54 Å². The maximum Gasteiger partial charge on any atom is 0.246 e. The molecule has 98 valence electrons. The van der Waals surface area contributed by atoms with E-state index in [2.05, 4.69) is 5.32 Å². The van der Waals surface area contributed by atoms with E-state index in [0.29, 0.717) is 29.5 Å². The molecule has 0 radical (unpaired) electrons. The van der Waals surface area contributed by atoms with Crippen molar-refractivity contribution in [3.8, 4) is 5.75 Å². The van der Waals surface area contributed by atoms with Gasteiger partial charge >= 0.3 is 0 Å². The van der Waals surface area contributed by atoms with Crippen LogP contribution in [-0.4, -0.2) is 31.8 Å². The van der Waals surface area contributed by atoms with Crippen LogP contribution in [0.4, 0.5) is 5.69 Å². The first-order valence-electron chi connectivity index (χ1n) is 5.57. The van der Waals surface area contributed by atoms with Gasteiger partial charge in [-0.1, -0.05) is 11.6 Å². The van der Waals surface area contributed by atoms with Crippen molar-refractivity contribution in [2.45, 2.75) is 12.0 Å². The number of amides is 1. The van der Waals surface area contributed by atoms with Crippen LogP contribution < -0.4 is 15.8 Å². The lowest BCUT2D eigenvalue weighted by molar-refractivity contribution is -0.121. The average molecular weight is 271 g/mol. The van der Waals surface area contributed by atoms with Gasteiger partial charge in [0.2, 0.25) is 5.91 Å². The van der Waals surface area contributed by atoms with Gasteiger partial charge in [-0.15, -0.1) is 0 Å². The maximum atomic E-state index is 12.1. The zero-order valence-corrected chi connectivity index (χ0v) is 10.8. The molecule has 1 amide bonds. The molecule has 1 heterocycles. The molecule has 0 aliphatic carbocycles. The minimum Gasteiger partial charge on any atom is -0.497 e. The van der Waals surface area contributed by atoms with Crippen molar-refractivity contribution in [2.75, 3.05) is 25.6 Å². The molecule has 3 N–H and O–H groups in total. The highest BCUT2D eigenvalue weighted by atomic mass is 35.5. The van der Waals surface area contributed by atoms with E-state index in [4.69, 9.17) is 26.8 Å². The van der Waals surface area contributed by atoms with Gasteiger partial charge in [-0.2, -0.15) is 0 Å². The molecule has 1 aliphatic rings. The van der Waals surface area contributed by atoms with E-state index in [1.165, 1.54) is 0 Å². The number of nitrogens with one attached hydrogen (secondary N) is 1. The predicted octanol–water partition coefficient (Wildman–Crippen LogP) is 1.40. The molecule has 6 heteroatoms. The van der Waals surface area contributed by atoms with Crippen molar-refractivity contribution in [1.29, 1.82) is 0 Å². The van der Waals surface area contributed by atoms with Crippen molar-refractivity contribution in [3.63, 3.8) is 0 Å². The van der Waals surface area contributed by atoms with E-state index in [0.717, 1.165) is 0 Å². The fourth-order valence-corrected chi connectivity index (χ4v) is 1.90. The SMILES string of the molecule is COc1ccc(Cl)c(NC(=O)C2(N)CCOC2)c1. The topological polar surface area (TPSA) is 73.6 Å². The Kier molecular flexibility index (Phi) is 3.75. The van der Waals surface area contributed by atoms with Crippen LogP contribution in [-0.2, 0) is 9.53 Å². The largest absolute Gasteiger partial charge is 0.497 e. The first-order chi connectivity index (χ1) is 8.55. The van der Waals surface area contributed by atoms with Gasteiger partial charge in [-0.3, -0.25) is 4.79 Å². The van der Waals surface area contributed by atoms with E-state index >= 15 is 0 Å². The maximum absolute atomic E-state index is 12.1. The second kappa shape index (κ2) is 5.14. The Morgan fingerprint density at radius 1 is 1.61 bits per heavy atom. The smallest absolute Gasteiger partial charge is 0.246 e. The number of carbonyl (C=O) groups excluding carboxylic acids is 1. The van der Waals surface area contributed by atoms with Crippen molar-refractivity contribution in [2.24, 2.45) is 5.73 Å². The minimum absolute atomic E-state index is 0.223. The summed E-state index contributed by atoms with van der Waals surface area (Å²) in [5, 5.41) is 3.15. The lowest BCUT2D eigenvalue weighted by Crippen LogP contribution is -2.51. The number of benzene rings is 1. The van der Waals surface area contributed by atoms with Crippen LogP contribution in [0.1, 0.15) is 6.42 Å². The Balaban J connectivity index is 2.16. The minimum atomic E-state index is -0.980. The number of carbonyl (C=O) groups is 1. The number of methoxy groups -OCH3 is 1. The summed E-state index contributed by atoms with van der Waals surface area (Å²) in [5.41, 5.74) is 5.46. The van der Waals surface area contributed by atoms with Gasteiger partial charge in [0.05, 0.1) is 24.4 Å². The third kappa shape index (κ3) is 2.58. The first-order valence-corrected chi connectivity index (χ1v) is 5.94. The van der Waals surface area contributed by atoms with E-state index in [1.807, 2.05) is 0 Å². The van der Waals surface area contributed by atoms with Crippen LogP contribution >= 0.6 is 11.6 Å². The van der Waals surface area contributed by atoms with Gasteiger partial charge in [0.15, 0.2) is 0 Å². The molecular formula is C12H15ClN2O3.